The van der Waals surface area contributed by atoms with E-state index < -0.39 is 12.0 Å². The first-order valence-electron chi connectivity index (χ1n) is 6.55. The van der Waals surface area contributed by atoms with Gasteiger partial charge in [0.2, 0.25) is 0 Å². The minimum absolute atomic E-state index is 0.0966. The number of nitrogens with zero attached hydrogens (tertiary/aromatic N) is 1. The molecule has 0 spiro atoms. The van der Waals surface area contributed by atoms with Crippen molar-refractivity contribution in [3.63, 3.8) is 0 Å². The maximum Gasteiger partial charge on any atom is 0.326 e. The van der Waals surface area contributed by atoms with Crippen molar-refractivity contribution in [2.45, 2.75) is 25.3 Å². The number of urea groups is 1. The summed E-state index contributed by atoms with van der Waals surface area (Å²) in [5, 5.41) is 11.8. The standard InChI is InChI=1S/C14H16N2O3/c17-13(18)12(10-5-6-10)15-14(19)16-8-7-9-3-1-2-4-11(9)16/h1-4,10,12H,5-8H2,(H,15,19)(H,17,18). The molecule has 0 bridgehead atoms. The molecule has 2 N–H and O–H groups in total. The minimum atomic E-state index is -0.941. The van der Waals surface area contributed by atoms with Crippen LogP contribution in [0.3, 0.4) is 0 Å². The Morgan fingerprint density at radius 2 is 2.05 bits per heavy atom. The molecule has 1 aliphatic carbocycles. The fraction of sp³-hybridized carbons (Fsp3) is 0.429. The summed E-state index contributed by atoms with van der Waals surface area (Å²) in [6, 6.07) is 6.68. The van der Waals surface area contributed by atoms with Gasteiger partial charge in [-0.05, 0) is 36.8 Å². The van der Waals surface area contributed by atoms with Crippen LogP contribution < -0.4 is 10.2 Å². The van der Waals surface area contributed by atoms with Gasteiger partial charge in [0.25, 0.3) is 0 Å². The summed E-state index contributed by atoms with van der Waals surface area (Å²) >= 11 is 0. The van der Waals surface area contributed by atoms with E-state index in [0.29, 0.717) is 6.54 Å². The molecule has 0 radical (unpaired) electrons. The van der Waals surface area contributed by atoms with Gasteiger partial charge >= 0.3 is 12.0 Å². The Bertz CT molecular complexity index is 525. The summed E-state index contributed by atoms with van der Waals surface area (Å²) in [6.07, 6.45) is 2.59. The smallest absolute Gasteiger partial charge is 0.326 e. The number of aliphatic carboxylic acids is 1. The van der Waals surface area contributed by atoms with Gasteiger partial charge in [-0.2, -0.15) is 0 Å². The van der Waals surface area contributed by atoms with Crippen LogP contribution in [0.25, 0.3) is 0 Å². The molecular weight excluding hydrogens is 244 g/mol. The lowest BCUT2D eigenvalue weighted by Crippen LogP contribution is -2.48. The summed E-state index contributed by atoms with van der Waals surface area (Å²) < 4.78 is 0. The first kappa shape index (κ1) is 12.0. The molecule has 19 heavy (non-hydrogen) atoms. The number of carboxylic acids is 1. The van der Waals surface area contributed by atoms with Crippen molar-refractivity contribution in [2.24, 2.45) is 5.92 Å². The number of rotatable bonds is 3. The first-order valence-corrected chi connectivity index (χ1v) is 6.55. The van der Waals surface area contributed by atoms with Crippen molar-refractivity contribution < 1.29 is 14.7 Å². The first-order chi connectivity index (χ1) is 9.16. The highest BCUT2D eigenvalue weighted by Crippen LogP contribution is 2.33. The van der Waals surface area contributed by atoms with Crippen LogP contribution in [0.5, 0.6) is 0 Å². The van der Waals surface area contributed by atoms with Crippen LogP contribution in [0, 0.1) is 5.92 Å². The number of anilines is 1. The van der Waals surface area contributed by atoms with E-state index >= 15 is 0 Å². The molecule has 1 aliphatic heterocycles. The van der Waals surface area contributed by atoms with E-state index in [9.17, 15) is 9.59 Å². The Morgan fingerprint density at radius 1 is 1.32 bits per heavy atom. The lowest BCUT2D eigenvalue weighted by atomic mass is 10.2. The van der Waals surface area contributed by atoms with Gasteiger partial charge in [0.05, 0.1) is 0 Å². The van der Waals surface area contributed by atoms with Gasteiger partial charge in [0.1, 0.15) is 6.04 Å². The third kappa shape index (κ3) is 2.28. The van der Waals surface area contributed by atoms with Gasteiger partial charge in [-0.3, -0.25) is 4.90 Å². The van der Waals surface area contributed by atoms with Gasteiger partial charge in [0, 0.05) is 12.2 Å². The molecule has 1 unspecified atom stereocenters. The third-order valence-corrected chi connectivity index (χ3v) is 3.77. The normalized spacial score (nSPS) is 18.8. The molecule has 0 aromatic heterocycles. The molecule has 3 rings (SSSR count). The highest BCUT2D eigenvalue weighted by molar-refractivity contribution is 5.96. The predicted molar refractivity (Wildman–Crippen MR) is 70.2 cm³/mol. The molecule has 2 amide bonds. The van der Waals surface area contributed by atoms with E-state index in [4.69, 9.17) is 5.11 Å². The highest BCUT2D eigenvalue weighted by Gasteiger charge is 2.38. The summed E-state index contributed by atoms with van der Waals surface area (Å²) in [4.78, 5) is 25.0. The predicted octanol–water partition coefficient (Wildman–Crippen LogP) is 1.62. The summed E-state index contributed by atoms with van der Waals surface area (Å²) in [5.41, 5.74) is 2.02. The van der Waals surface area contributed by atoms with E-state index in [1.165, 1.54) is 0 Å². The number of fused-ring (bicyclic) bond motifs is 1. The topological polar surface area (TPSA) is 69.6 Å². The van der Waals surface area contributed by atoms with Crippen molar-refractivity contribution in [3.8, 4) is 0 Å². The number of nitrogens with one attached hydrogen (secondary N) is 1. The zero-order chi connectivity index (χ0) is 13.4. The van der Waals surface area contributed by atoms with E-state index in [1.54, 1.807) is 4.90 Å². The van der Waals surface area contributed by atoms with Crippen molar-refractivity contribution in [1.29, 1.82) is 0 Å². The molecule has 5 nitrogen and oxygen atoms in total. The van der Waals surface area contributed by atoms with Gasteiger partial charge in [-0.25, -0.2) is 9.59 Å². The minimum Gasteiger partial charge on any atom is -0.480 e. The quantitative estimate of drug-likeness (QED) is 0.867. The Kier molecular flexibility index (Phi) is 2.89. The molecule has 0 saturated heterocycles. The number of amides is 2. The fourth-order valence-corrected chi connectivity index (χ4v) is 2.57. The second kappa shape index (κ2) is 4.57. The number of benzene rings is 1. The highest BCUT2D eigenvalue weighted by atomic mass is 16.4. The van der Waals surface area contributed by atoms with Crippen LogP contribution in [0.15, 0.2) is 24.3 Å². The molecular formula is C14H16N2O3. The molecule has 1 saturated carbocycles. The summed E-state index contributed by atoms with van der Waals surface area (Å²) in [7, 11) is 0. The molecule has 1 atom stereocenters. The third-order valence-electron chi connectivity index (χ3n) is 3.77. The Labute approximate surface area is 111 Å². The van der Waals surface area contributed by atoms with Crippen molar-refractivity contribution >= 4 is 17.7 Å². The molecule has 1 aromatic carbocycles. The number of para-hydroxylation sites is 1. The second-order valence-electron chi connectivity index (χ2n) is 5.13. The maximum absolute atomic E-state index is 12.2. The van der Waals surface area contributed by atoms with Gasteiger partial charge in [0.15, 0.2) is 0 Å². The van der Waals surface area contributed by atoms with Crippen LogP contribution in [0.4, 0.5) is 10.5 Å². The van der Waals surface area contributed by atoms with Gasteiger partial charge in [-0.1, -0.05) is 18.2 Å². The van der Waals surface area contributed by atoms with E-state index in [2.05, 4.69) is 5.32 Å². The number of carbonyl (C=O) groups is 2. The van der Waals surface area contributed by atoms with Gasteiger partial charge < -0.3 is 10.4 Å². The monoisotopic (exact) mass is 260 g/mol. The zero-order valence-corrected chi connectivity index (χ0v) is 10.5. The lowest BCUT2D eigenvalue weighted by Gasteiger charge is -2.21. The molecule has 5 heteroatoms. The van der Waals surface area contributed by atoms with E-state index in [1.807, 2.05) is 24.3 Å². The largest absolute Gasteiger partial charge is 0.480 e. The van der Waals surface area contributed by atoms with Crippen LogP contribution >= 0.6 is 0 Å². The van der Waals surface area contributed by atoms with Crippen LogP contribution in [0.1, 0.15) is 18.4 Å². The molecule has 2 aliphatic rings. The number of carbonyl (C=O) groups excluding carboxylic acids is 1. The van der Waals surface area contributed by atoms with E-state index in [0.717, 1.165) is 30.5 Å². The Morgan fingerprint density at radius 3 is 2.74 bits per heavy atom. The Balaban J connectivity index is 1.73. The van der Waals surface area contributed by atoms with Crippen molar-refractivity contribution in [1.82, 2.24) is 5.32 Å². The van der Waals surface area contributed by atoms with Crippen LogP contribution in [-0.2, 0) is 11.2 Å². The zero-order valence-electron chi connectivity index (χ0n) is 10.5. The average Bonchev–Trinajstić information content (AvgIpc) is 3.14. The SMILES string of the molecule is O=C(O)C(NC(=O)N1CCc2ccccc21)C1CC1. The number of hydrogen-bond acceptors (Lipinski definition) is 2. The van der Waals surface area contributed by atoms with E-state index in [-0.39, 0.29) is 11.9 Å². The Hall–Kier alpha value is -2.04. The summed E-state index contributed by atoms with van der Waals surface area (Å²) in [6.45, 7) is 0.613. The fourth-order valence-electron chi connectivity index (χ4n) is 2.57. The number of hydrogen-bond donors (Lipinski definition) is 2. The molecule has 1 aromatic rings. The van der Waals surface area contributed by atoms with Gasteiger partial charge in [-0.15, -0.1) is 0 Å². The lowest BCUT2D eigenvalue weighted by molar-refractivity contribution is -0.139. The molecule has 1 heterocycles. The van der Waals surface area contributed by atoms with Crippen molar-refractivity contribution in [3.05, 3.63) is 29.8 Å². The number of carboxylic acid groups (broad SMARTS) is 1. The van der Waals surface area contributed by atoms with Crippen LogP contribution in [0.2, 0.25) is 0 Å². The second-order valence-corrected chi connectivity index (χ2v) is 5.13. The van der Waals surface area contributed by atoms with Crippen LogP contribution in [-0.4, -0.2) is 29.7 Å². The molecule has 100 valence electrons. The maximum atomic E-state index is 12.2. The van der Waals surface area contributed by atoms with Crippen molar-refractivity contribution in [2.75, 3.05) is 11.4 Å². The molecule has 1 fully saturated rings. The average molecular weight is 260 g/mol. The summed E-state index contributed by atoms with van der Waals surface area (Å²) in [5.74, 6) is -0.845.